The van der Waals surface area contributed by atoms with Gasteiger partial charge in [0.1, 0.15) is 6.29 Å². The van der Waals surface area contributed by atoms with Crippen LogP contribution in [0.5, 0.6) is 0 Å². The molecular weight excluding hydrogens is 464 g/mol. The summed E-state index contributed by atoms with van der Waals surface area (Å²) in [6.45, 7) is 12.7. The molecule has 0 saturated carbocycles. The molecule has 6 N–H and O–H groups in total. The van der Waals surface area contributed by atoms with Gasteiger partial charge in [-0.1, -0.05) is 59.6 Å². The lowest BCUT2D eigenvalue weighted by Gasteiger charge is -2.27. The molecule has 3 atom stereocenters. The lowest BCUT2D eigenvalue weighted by molar-refractivity contribution is -0.115. The fourth-order valence-corrected chi connectivity index (χ4v) is 4.06. The molecule has 0 bridgehead atoms. The largest absolute Gasteiger partial charge is 0.390 e. The molecule has 3 unspecified atom stereocenters. The highest BCUT2D eigenvalue weighted by Gasteiger charge is 2.22. The number of anilines is 1. The number of nitrogens with one attached hydrogen (secondary N) is 3. The molecule has 0 aliphatic heterocycles. The number of carbonyl (C=O) groups excluding carboxylic acids is 1. The van der Waals surface area contributed by atoms with Crippen molar-refractivity contribution in [1.82, 2.24) is 5.32 Å². The fourth-order valence-electron chi connectivity index (χ4n) is 4.06. The SMILES string of the molecule is CCCCC(C)(C)C=O.CNCC(O)C(N)CC(Cc1ccc(C=N)c(NCCCCOC)c1)C(C)C. The van der Waals surface area contributed by atoms with Gasteiger partial charge in [0.05, 0.1) is 6.10 Å². The molecule has 0 spiro atoms. The third-order valence-electron chi connectivity index (χ3n) is 6.78. The Bertz CT molecular complexity index is 740. The van der Waals surface area contributed by atoms with E-state index in [0.29, 0.717) is 18.4 Å². The van der Waals surface area contributed by atoms with Gasteiger partial charge < -0.3 is 36.4 Å². The van der Waals surface area contributed by atoms with Gasteiger partial charge in [-0.15, -0.1) is 0 Å². The summed E-state index contributed by atoms with van der Waals surface area (Å²) in [5.74, 6) is 0.864. The van der Waals surface area contributed by atoms with E-state index >= 15 is 0 Å². The first-order chi connectivity index (χ1) is 17.5. The smallest absolute Gasteiger partial charge is 0.125 e. The molecule has 0 fully saturated rings. The van der Waals surface area contributed by atoms with Crippen molar-refractivity contribution in [3.8, 4) is 0 Å². The molecule has 0 saturated heterocycles. The van der Waals surface area contributed by atoms with Crippen LogP contribution in [-0.2, 0) is 16.0 Å². The summed E-state index contributed by atoms with van der Waals surface area (Å²) in [5, 5.41) is 24.3. The van der Waals surface area contributed by atoms with Crippen molar-refractivity contribution >= 4 is 18.2 Å². The van der Waals surface area contributed by atoms with Gasteiger partial charge in [-0.3, -0.25) is 0 Å². The number of carbonyl (C=O) groups is 1. The van der Waals surface area contributed by atoms with Crippen molar-refractivity contribution < 1.29 is 14.6 Å². The van der Waals surface area contributed by atoms with Crippen molar-refractivity contribution in [2.75, 3.05) is 39.2 Å². The number of ether oxygens (including phenoxy) is 1. The minimum absolute atomic E-state index is 0.0873. The van der Waals surface area contributed by atoms with Crippen LogP contribution >= 0.6 is 0 Å². The number of rotatable bonds is 19. The van der Waals surface area contributed by atoms with Crippen LogP contribution < -0.4 is 16.4 Å². The standard InChI is InChI=1S/C22H40N4O2.C8H16O/c1-16(2)19(13-20(24)22(27)15-25-3)11-17-7-8-18(14-23)21(12-17)26-9-5-6-10-28-4;1-4-5-6-8(2,3)7-9/h7-8,12,14,16,19-20,22-23,25-27H,5-6,9-11,13,15,24H2,1-4H3;7H,4-6H2,1-3H3. The zero-order chi connectivity index (χ0) is 28.3. The molecule has 7 heteroatoms. The highest BCUT2D eigenvalue weighted by Crippen LogP contribution is 2.25. The lowest BCUT2D eigenvalue weighted by Crippen LogP contribution is -2.42. The van der Waals surface area contributed by atoms with Crippen LogP contribution in [-0.4, -0.2) is 63.6 Å². The number of aldehydes is 1. The third kappa shape index (κ3) is 15.9. The summed E-state index contributed by atoms with van der Waals surface area (Å²) in [5.41, 5.74) is 9.29. The predicted molar refractivity (Wildman–Crippen MR) is 158 cm³/mol. The van der Waals surface area contributed by atoms with Crippen LogP contribution in [0.1, 0.15) is 84.3 Å². The minimum Gasteiger partial charge on any atom is -0.390 e. The summed E-state index contributed by atoms with van der Waals surface area (Å²) in [4.78, 5) is 10.3. The Kier molecular flexibility index (Phi) is 19.2. The van der Waals surface area contributed by atoms with E-state index in [4.69, 9.17) is 15.9 Å². The van der Waals surface area contributed by atoms with Crippen LogP contribution in [0.4, 0.5) is 5.69 Å². The molecule has 1 aromatic carbocycles. The first kappa shape index (κ1) is 35.2. The van der Waals surface area contributed by atoms with E-state index in [1.807, 2.05) is 27.0 Å². The highest BCUT2D eigenvalue weighted by molar-refractivity contribution is 5.86. The predicted octanol–water partition coefficient (Wildman–Crippen LogP) is 5.04. The average molecular weight is 521 g/mol. The molecule has 7 nitrogen and oxygen atoms in total. The van der Waals surface area contributed by atoms with Gasteiger partial charge in [-0.2, -0.15) is 0 Å². The van der Waals surface area contributed by atoms with E-state index in [2.05, 4.69) is 43.5 Å². The van der Waals surface area contributed by atoms with Gasteiger partial charge >= 0.3 is 0 Å². The lowest BCUT2D eigenvalue weighted by atomic mass is 9.83. The Morgan fingerprint density at radius 2 is 1.92 bits per heavy atom. The van der Waals surface area contributed by atoms with E-state index in [-0.39, 0.29) is 11.5 Å². The number of aliphatic hydroxyl groups is 1. The van der Waals surface area contributed by atoms with E-state index < -0.39 is 6.10 Å². The Balaban J connectivity index is 0.00000122. The monoisotopic (exact) mass is 520 g/mol. The number of unbranched alkanes of at least 4 members (excludes halogenated alkanes) is 2. The van der Waals surface area contributed by atoms with E-state index in [1.165, 1.54) is 18.2 Å². The van der Waals surface area contributed by atoms with Crippen LogP contribution in [0.25, 0.3) is 0 Å². The molecule has 1 rings (SSSR count). The van der Waals surface area contributed by atoms with Crippen LogP contribution in [0, 0.1) is 22.7 Å². The fraction of sp³-hybridized carbons (Fsp3) is 0.733. The topological polar surface area (TPSA) is 120 Å². The number of hydrogen-bond donors (Lipinski definition) is 5. The number of nitrogens with two attached hydrogens (primary N) is 1. The second kappa shape index (κ2) is 20.2. The van der Waals surface area contributed by atoms with E-state index in [0.717, 1.165) is 69.2 Å². The maximum atomic E-state index is 10.3. The molecular formula is C30H56N4O3. The molecule has 0 amide bonds. The van der Waals surface area contributed by atoms with Crippen molar-refractivity contribution in [3.63, 3.8) is 0 Å². The molecule has 37 heavy (non-hydrogen) atoms. The van der Waals surface area contributed by atoms with Crippen LogP contribution in [0.15, 0.2) is 18.2 Å². The molecule has 0 heterocycles. The number of benzene rings is 1. The molecule has 0 aliphatic rings. The van der Waals surface area contributed by atoms with Crippen molar-refractivity contribution in [1.29, 1.82) is 5.41 Å². The van der Waals surface area contributed by atoms with Crippen molar-refractivity contribution in [2.45, 2.75) is 91.7 Å². The third-order valence-corrected chi connectivity index (χ3v) is 6.78. The van der Waals surface area contributed by atoms with Gasteiger partial charge in [-0.25, -0.2) is 0 Å². The van der Waals surface area contributed by atoms with Crippen LogP contribution in [0.2, 0.25) is 0 Å². The maximum Gasteiger partial charge on any atom is 0.125 e. The van der Waals surface area contributed by atoms with Gasteiger partial charge in [-0.05, 0) is 62.6 Å². The number of hydrogen-bond acceptors (Lipinski definition) is 7. The molecule has 0 aromatic heterocycles. The highest BCUT2D eigenvalue weighted by atomic mass is 16.5. The quantitative estimate of drug-likeness (QED) is 0.0990. The number of aliphatic hydroxyl groups excluding tert-OH is 1. The number of methoxy groups -OCH3 is 1. The van der Waals surface area contributed by atoms with Gasteiger partial charge in [0.25, 0.3) is 0 Å². The van der Waals surface area contributed by atoms with E-state index in [1.54, 1.807) is 7.11 Å². The van der Waals surface area contributed by atoms with Gasteiger partial charge in [0.2, 0.25) is 0 Å². The summed E-state index contributed by atoms with van der Waals surface area (Å²) in [6.07, 6.45) is 9.01. The minimum atomic E-state index is -0.532. The summed E-state index contributed by atoms with van der Waals surface area (Å²) >= 11 is 0. The van der Waals surface area contributed by atoms with Gasteiger partial charge in [0.15, 0.2) is 0 Å². The molecule has 214 valence electrons. The van der Waals surface area contributed by atoms with Crippen molar-refractivity contribution in [2.24, 2.45) is 23.0 Å². The van der Waals surface area contributed by atoms with Gasteiger partial charge in [0, 0.05) is 55.7 Å². The second-order valence-corrected chi connectivity index (χ2v) is 11.1. The molecule has 1 aromatic rings. The summed E-state index contributed by atoms with van der Waals surface area (Å²) < 4.78 is 5.09. The van der Waals surface area contributed by atoms with Crippen LogP contribution in [0.3, 0.4) is 0 Å². The first-order valence-corrected chi connectivity index (χ1v) is 14.0. The zero-order valence-corrected chi connectivity index (χ0v) is 24.6. The Labute approximate surface area is 226 Å². The first-order valence-electron chi connectivity index (χ1n) is 14.0. The maximum absolute atomic E-state index is 10.3. The number of likely N-dealkylation sites (N-methyl/N-ethyl adjacent to an activating group) is 1. The van der Waals surface area contributed by atoms with Crippen molar-refractivity contribution in [3.05, 3.63) is 29.3 Å². The average Bonchev–Trinajstić information content (AvgIpc) is 2.87. The molecule has 0 aliphatic carbocycles. The summed E-state index contributed by atoms with van der Waals surface area (Å²) in [6, 6.07) is 6.02. The van der Waals surface area contributed by atoms with E-state index in [9.17, 15) is 9.90 Å². The second-order valence-electron chi connectivity index (χ2n) is 11.1. The molecule has 0 radical (unpaired) electrons. The Hall–Kier alpha value is -1.80. The normalized spacial score (nSPS) is 13.9. The Morgan fingerprint density at radius 1 is 1.22 bits per heavy atom. The Morgan fingerprint density at radius 3 is 2.46 bits per heavy atom. The summed E-state index contributed by atoms with van der Waals surface area (Å²) in [7, 11) is 3.55. The zero-order valence-electron chi connectivity index (χ0n) is 24.6.